The van der Waals surface area contributed by atoms with Gasteiger partial charge >= 0.3 is 0 Å². The van der Waals surface area contributed by atoms with E-state index in [9.17, 15) is 8.42 Å². The fraction of sp³-hybridized carbons (Fsp3) is 0.200. The molecular formula is C15H15N3O3S2. The Morgan fingerprint density at radius 3 is 2.57 bits per heavy atom. The van der Waals surface area contributed by atoms with Crippen LogP contribution < -0.4 is 4.72 Å². The number of aromatic nitrogens is 2. The van der Waals surface area contributed by atoms with Crippen molar-refractivity contribution >= 4 is 27.0 Å². The fourth-order valence-corrected chi connectivity index (χ4v) is 4.37. The van der Waals surface area contributed by atoms with Crippen molar-refractivity contribution in [2.75, 3.05) is 4.72 Å². The summed E-state index contributed by atoms with van der Waals surface area (Å²) in [4.78, 5) is 0.618. The Hall–Kier alpha value is -2.19. The zero-order valence-electron chi connectivity index (χ0n) is 12.8. The lowest BCUT2D eigenvalue weighted by Gasteiger charge is -2.10. The molecule has 0 aliphatic rings. The van der Waals surface area contributed by atoms with Gasteiger partial charge in [-0.1, -0.05) is 12.1 Å². The fourth-order valence-electron chi connectivity index (χ4n) is 2.02. The SMILES string of the molecule is Cc1ccc(C)c(NS(=O)(=O)c2ccc(-c3nnc(C)o3)s2)c1. The van der Waals surface area contributed by atoms with Gasteiger partial charge in [-0.2, -0.15) is 0 Å². The van der Waals surface area contributed by atoms with Crippen molar-refractivity contribution in [1.29, 1.82) is 0 Å². The van der Waals surface area contributed by atoms with Gasteiger partial charge in [-0.15, -0.1) is 21.5 Å². The van der Waals surface area contributed by atoms with E-state index in [-0.39, 0.29) is 4.21 Å². The predicted octanol–water partition coefficient (Wildman–Crippen LogP) is 3.52. The van der Waals surface area contributed by atoms with Crippen molar-refractivity contribution in [3.05, 3.63) is 47.3 Å². The predicted molar refractivity (Wildman–Crippen MR) is 89.1 cm³/mol. The third-order valence-corrected chi connectivity index (χ3v) is 6.15. The van der Waals surface area contributed by atoms with E-state index in [0.717, 1.165) is 22.5 Å². The topological polar surface area (TPSA) is 85.1 Å². The minimum absolute atomic E-state index is 0.198. The molecule has 23 heavy (non-hydrogen) atoms. The molecule has 0 unspecified atom stereocenters. The van der Waals surface area contributed by atoms with Gasteiger partial charge in [0.1, 0.15) is 4.21 Å². The number of benzene rings is 1. The molecule has 0 saturated carbocycles. The van der Waals surface area contributed by atoms with Crippen LogP contribution in [0.2, 0.25) is 0 Å². The number of hydrogen-bond acceptors (Lipinski definition) is 6. The van der Waals surface area contributed by atoms with E-state index in [2.05, 4.69) is 14.9 Å². The molecule has 1 aromatic carbocycles. The summed E-state index contributed by atoms with van der Waals surface area (Å²) in [7, 11) is -3.65. The van der Waals surface area contributed by atoms with Crippen LogP contribution in [0.25, 0.3) is 10.8 Å². The summed E-state index contributed by atoms with van der Waals surface area (Å²) in [6.45, 7) is 5.46. The van der Waals surface area contributed by atoms with E-state index in [1.807, 2.05) is 32.0 Å². The summed E-state index contributed by atoms with van der Waals surface area (Å²) < 4.78 is 33.2. The van der Waals surface area contributed by atoms with Gasteiger partial charge in [0.2, 0.25) is 5.89 Å². The van der Waals surface area contributed by atoms with Crippen LogP contribution in [-0.4, -0.2) is 18.6 Å². The molecule has 3 rings (SSSR count). The van der Waals surface area contributed by atoms with Gasteiger partial charge in [0.15, 0.2) is 0 Å². The van der Waals surface area contributed by atoms with Crippen LogP contribution in [0.15, 0.2) is 39.0 Å². The van der Waals surface area contributed by atoms with Crippen molar-refractivity contribution in [2.24, 2.45) is 0 Å². The highest BCUT2D eigenvalue weighted by Gasteiger charge is 2.20. The van der Waals surface area contributed by atoms with E-state index in [1.54, 1.807) is 13.0 Å². The first-order valence-electron chi connectivity index (χ1n) is 6.85. The van der Waals surface area contributed by atoms with Crippen LogP contribution >= 0.6 is 11.3 Å². The maximum absolute atomic E-state index is 12.5. The Morgan fingerprint density at radius 2 is 1.87 bits per heavy atom. The summed E-state index contributed by atoms with van der Waals surface area (Å²) in [5.41, 5.74) is 2.43. The molecule has 2 aromatic heterocycles. The molecule has 6 nitrogen and oxygen atoms in total. The summed E-state index contributed by atoms with van der Waals surface area (Å²) in [5.74, 6) is 0.756. The Kier molecular flexibility index (Phi) is 3.95. The normalized spacial score (nSPS) is 11.6. The zero-order valence-corrected chi connectivity index (χ0v) is 14.5. The maximum Gasteiger partial charge on any atom is 0.271 e. The van der Waals surface area contributed by atoms with Crippen LogP contribution in [0, 0.1) is 20.8 Å². The van der Waals surface area contributed by atoms with Gasteiger partial charge in [-0.3, -0.25) is 4.72 Å². The van der Waals surface area contributed by atoms with E-state index >= 15 is 0 Å². The molecule has 0 bridgehead atoms. The van der Waals surface area contributed by atoms with Crippen LogP contribution in [0.4, 0.5) is 5.69 Å². The van der Waals surface area contributed by atoms with Crippen LogP contribution in [0.1, 0.15) is 17.0 Å². The highest BCUT2D eigenvalue weighted by atomic mass is 32.2. The van der Waals surface area contributed by atoms with Gasteiger partial charge in [0.25, 0.3) is 15.9 Å². The molecule has 0 radical (unpaired) electrons. The number of rotatable bonds is 4. The molecule has 0 fully saturated rings. The number of anilines is 1. The number of nitrogens with one attached hydrogen (secondary N) is 1. The van der Waals surface area contributed by atoms with Crippen molar-refractivity contribution in [1.82, 2.24) is 10.2 Å². The van der Waals surface area contributed by atoms with Crippen molar-refractivity contribution < 1.29 is 12.8 Å². The third-order valence-electron chi connectivity index (χ3n) is 3.22. The van der Waals surface area contributed by atoms with Crippen molar-refractivity contribution in [3.8, 4) is 10.8 Å². The first kappa shape index (κ1) is 15.7. The van der Waals surface area contributed by atoms with Crippen molar-refractivity contribution in [2.45, 2.75) is 25.0 Å². The second-order valence-corrected chi connectivity index (χ2v) is 8.16. The average molecular weight is 349 g/mol. The van der Waals surface area contributed by atoms with Crippen LogP contribution in [0.5, 0.6) is 0 Å². The number of thiophene rings is 1. The number of hydrogen-bond donors (Lipinski definition) is 1. The Balaban J connectivity index is 1.91. The molecular weight excluding hydrogens is 334 g/mol. The summed E-state index contributed by atoms with van der Waals surface area (Å²) >= 11 is 1.09. The van der Waals surface area contributed by atoms with E-state index in [0.29, 0.717) is 22.3 Å². The molecule has 1 N–H and O–H groups in total. The van der Waals surface area contributed by atoms with Gasteiger partial charge in [-0.05, 0) is 43.2 Å². The third kappa shape index (κ3) is 3.27. The average Bonchev–Trinajstić information content (AvgIpc) is 3.11. The highest BCUT2D eigenvalue weighted by Crippen LogP contribution is 2.31. The molecule has 0 aliphatic heterocycles. The lowest BCUT2D eigenvalue weighted by Crippen LogP contribution is -2.12. The number of sulfonamides is 1. The van der Waals surface area contributed by atoms with Gasteiger partial charge < -0.3 is 4.42 Å². The molecule has 0 spiro atoms. The molecule has 2 heterocycles. The van der Waals surface area contributed by atoms with E-state index < -0.39 is 10.0 Å². The Labute approximate surface area is 138 Å². The standard InChI is InChI=1S/C15H15N3O3S2/c1-9-4-5-10(2)12(8-9)18-23(19,20)14-7-6-13(22-14)15-17-16-11(3)21-15/h4-8,18H,1-3H3. The smallest absolute Gasteiger partial charge is 0.271 e. The molecule has 0 aliphatic carbocycles. The Morgan fingerprint density at radius 1 is 1.09 bits per heavy atom. The molecule has 0 saturated heterocycles. The van der Waals surface area contributed by atoms with Crippen LogP contribution in [0.3, 0.4) is 0 Å². The summed E-state index contributed by atoms with van der Waals surface area (Å²) in [6.07, 6.45) is 0. The lowest BCUT2D eigenvalue weighted by atomic mass is 10.1. The van der Waals surface area contributed by atoms with E-state index in [4.69, 9.17) is 4.42 Å². The number of aryl methyl sites for hydroxylation is 3. The van der Waals surface area contributed by atoms with Crippen LogP contribution in [-0.2, 0) is 10.0 Å². The highest BCUT2D eigenvalue weighted by molar-refractivity contribution is 7.94. The second-order valence-electron chi connectivity index (χ2n) is 5.17. The number of nitrogens with zero attached hydrogens (tertiary/aromatic N) is 2. The first-order valence-corrected chi connectivity index (χ1v) is 9.15. The molecule has 0 amide bonds. The lowest BCUT2D eigenvalue weighted by molar-refractivity contribution is 0.534. The van der Waals surface area contributed by atoms with E-state index in [1.165, 1.54) is 6.07 Å². The first-order chi connectivity index (χ1) is 10.8. The Bertz CT molecular complexity index is 958. The summed E-state index contributed by atoms with van der Waals surface area (Å²) in [6, 6.07) is 8.83. The molecule has 8 heteroatoms. The molecule has 3 aromatic rings. The second kappa shape index (κ2) is 5.78. The van der Waals surface area contributed by atoms with Gasteiger partial charge in [0, 0.05) is 6.92 Å². The van der Waals surface area contributed by atoms with Gasteiger partial charge in [-0.25, -0.2) is 8.42 Å². The molecule has 0 atom stereocenters. The minimum Gasteiger partial charge on any atom is -0.420 e. The zero-order chi connectivity index (χ0) is 16.6. The van der Waals surface area contributed by atoms with Crippen molar-refractivity contribution in [3.63, 3.8) is 0 Å². The minimum atomic E-state index is -3.65. The largest absolute Gasteiger partial charge is 0.420 e. The quantitative estimate of drug-likeness (QED) is 0.779. The maximum atomic E-state index is 12.5. The van der Waals surface area contributed by atoms with Gasteiger partial charge in [0.05, 0.1) is 10.6 Å². The summed E-state index contributed by atoms with van der Waals surface area (Å²) in [5, 5.41) is 7.65. The monoisotopic (exact) mass is 349 g/mol. The molecule has 120 valence electrons.